The number of likely N-dealkylation sites (tertiary alicyclic amines) is 1. The standard InChI is InChI=1S/C16H31N3O2S/c1-2-22(20,21)18-15-3-6-16(7-4-15)8-10-19(13-16)12-14-5-9-17-11-14/h14-15,17-18H,2-13H2,1H3/t14-,15?,16?/m0/s1. The maximum absolute atomic E-state index is 11.7. The highest BCUT2D eigenvalue weighted by molar-refractivity contribution is 7.89. The van der Waals surface area contributed by atoms with Crippen molar-refractivity contribution in [3.8, 4) is 0 Å². The first-order valence-electron chi connectivity index (χ1n) is 8.93. The molecule has 0 amide bonds. The SMILES string of the molecule is CCS(=O)(=O)NC1CCC2(CC1)CCN(C[C@H]1CCNC1)C2. The van der Waals surface area contributed by atoms with Gasteiger partial charge >= 0.3 is 0 Å². The molecule has 1 aliphatic carbocycles. The Balaban J connectivity index is 1.46. The molecule has 22 heavy (non-hydrogen) atoms. The Morgan fingerprint density at radius 1 is 1.23 bits per heavy atom. The molecule has 1 atom stereocenters. The third kappa shape index (κ3) is 4.02. The van der Waals surface area contributed by atoms with Gasteiger partial charge in [-0.05, 0) is 76.4 Å². The summed E-state index contributed by atoms with van der Waals surface area (Å²) >= 11 is 0. The van der Waals surface area contributed by atoms with E-state index >= 15 is 0 Å². The van der Waals surface area contributed by atoms with Crippen LogP contribution in [0.2, 0.25) is 0 Å². The van der Waals surface area contributed by atoms with Crippen LogP contribution in [0.5, 0.6) is 0 Å². The highest BCUT2D eigenvalue weighted by Gasteiger charge is 2.41. The molecule has 0 aromatic rings. The van der Waals surface area contributed by atoms with E-state index in [1.807, 2.05) is 0 Å². The van der Waals surface area contributed by atoms with Crippen molar-refractivity contribution < 1.29 is 8.42 Å². The van der Waals surface area contributed by atoms with E-state index in [2.05, 4.69) is 14.9 Å². The zero-order valence-corrected chi connectivity index (χ0v) is 14.6. The smallest absolute Gasteiger partial charge is 0.211 e. The molecule has 2 aliphatic heterocycles. The first-order chi connectivity index (χ1) is 10.5. The van der Waals surface area contributed by atoms with Gasteiger partial charge in [-0.2, -0.15) is 0 Å². The van der Waals surface area contributed by atoms with Crippen molar-refractivity contribution in [2.24, 2.45) is 11.3 Å². The van der Waals surface area contributed by atoms with Crippen LogP contribution in [0, 0.1) is 11.3 Å². The Labute approximate surface area is 135 Å². The molecule has 1 saturated carbocycles. The third-order valence-electron chi connectivity index (χ3n) is 5.97. The van der Waals surface area contributed by atoms with E-state index in [0.717, 1.165) is 18.8 Å². The van der Waals surface area contributed by atoms with E-state index in [4.69, 9.17) is 0 Å². The molecule has 6 heteroatoms. The fraction of sp³-hybridized carbons (Fsp3) is 1.00. The molecule has 1 spiro atoms. The highest BCUT2D eigenvalue weighted by Crippen LogP contribution is 2.44. The fourth-order valence-corrected chi connectivity index (χ4v) is 5.42. The summed E-state index contributed by atoms with van der Waals surface area (Å²) in [5.41, 5.74) is 0.472. The quantitative estimate of drug-likeness (QED) is 0.795. The minimum atomic E-state index is -3.05. The molecule has 2 N–H and O–H groups in total. The van der Waals surface area contributed by atoms with Crippen molar-refractivity contribution in [2.75, 3.05) is 38.5 Å². The van der Waals surface area contributed by atoms with Crippen molar-refractivity contribution in [3.05, 3.63) is 0 Å². The largest absolute Gasteiger partial charge is 0.316 e. The Morgan fingerprint density at radius 2 is 2.00 bits per heavy atom. The molecule has 3 fully saturated rings. The first-order valence-corrected chi connectivity index (χ1v) is 10.6. The fourth-order valence-electron chi connectivity index (χ4n) is 4.51. The van der Waals surface area contributed by atoms with Gasteiger partial charge < -0.3 is 10.2 Å². The summed E-state index contributed by atoms with van der Waals surface area (Å²) in [5.74, 6) is 1.03. The molecule has 2 saturated heterocycles. The van der Waals surface area contributed by atoms with Crippen molar-refractivity contribution >= 4 is 10.0 Å². The van der Waals surface area contributed by atoms with Crippen LogP contribution in [0.15, 0.2) is 0 Å². The Morgan fingerprint density at radius 3 is 2.64 bits per heavy atom. The number of nitrogens with zero attached hydrogens (tertiary/aromatic N) is 1. The minimum absolute atomic E-state index is 0.170. The van der Waals surface area contributed by atoms with Crippen LogP contribution in [-0.4, -0.2) is 57.8 Å². The van der Waals surface area contributed by atoms with E-state index in [-0.39, 0.29) is 11.8 Å². The lowest BCUT2D eigenvalue weighted by atomic mass is 9.72. The van der Waals surface area contributed by atoms with E-state index in [1.54, 1.807) is 6.92 Å². The second-order valence-corrected chi connectivity index (χ2v) is 9.68. The molecule has 0 aromatic heterocycles. The monoisotopic (exact) mass is 329 g/mol. The Bertz CT molecular complexity index is 466. The molecule has 128 valence electrons. The van der Waals surface area contributed by atoms with Gasteiger partial charge in [-0.1, -0.05) is 0 Å². The van der Waals surface area contributed by atoms with Crippen molar-refractivity contribution in [1.82, 2.24) is 14.9 Å². The molecule has 3 aliphatic rings. The summed E-state index contributed by atoms with van der Waals surface area (Å²) in [5, 5.41) is 3.46. The molecular weight excluding hydrogens is 298 g/mol. The first kappa shape index (κ1) is 16.7. The highest BCUT2D eigenvalue weighted by atomic mass is 32.2. The van der Waals surface area contributed by atoms with Crippen LogP contribution in [-0.2, 0) is 10.0 Å². The van der Waals surface area contributed by atoms with Gasteiger partial charge in [0.25, 0.3) is 0 Å². The number of sulfonamides is 1. The summed E-state index contributed by atoms with van der Waals surface area (Å²) in [4.78, 5) is 2.66. The summed E-state index contributed by atoms with van der Waals surface area (Å²) in [6.45, 7) is 7.80. The molecule has 3 rings (SSSR count). The van der Waals surface area contributed by atoms with Crippen LogP contribution in [0.1, 0.15) is 45.4 Å². The lowest BCUT2D eigenvalue weighted by molar-refractivity contribution is 0.163. The van der Waals surface area contributed by atoms with Gasteiger partial charge in [-0.15, -0.1) is 0 Å². The zero-order chi connectivity index (χ0) is 15.6. The van der Waals surface area contributed by atoms with Crippen LogP contribution >= 0.6 is 0 Å². The van der Waals surface area contributed by atoms with Gasteiger partial charge in [0.15, 0.2) is 0 Å². The van der Waals surface area contributed by atoms with E-state index in [0.29, 0.717) is 5.41 Å². The Kier molecular flexibility index (Phi) is 5.12. The normalized spacial score (nSPS) is 37.1. The number of nitrogens with one attached hydrogen (secondary N) is 2. The van der Waals surface area contributed by atoms with Crippen LogP contribution < -0.4 is 10.0 Å². The molecule has 2 heterocycles. The zero-order valence-electron chi connectivity index (χ0n) is 13.8. The second kappa shape index (κ2) is 6.75. The lowest BCUT2D eigenvalue weighted by Gasteiger charge is -2.37. The summed E-state index contributed by atoms with van der Waals surface area (Å²) in [7, 11) is -3.05. The van der Waals surface area contributed by atoms with Gasteiger partial charge in [-0.3, -0.25) is 0 Å². The van der Waals surface area contributed by atoms with Crippen molar-refractivity contribution in [3.63, 3.8) is 0 Å². The van der Waals surface area contributed by atoms with Crippen molar-refractivity contribution in [2.45, 2.75) is 51.5 Å². The maximum atomic E-state index is 11.7. The summed E-state index contributed by atoms with van der Waals surface area (Å²) in [6.07, 6.45) is 7.02. The molecule has 0 unspecified atom stereocenters. The Hall–Kier alpha value is -0.170. The van der Waals surface area contributed by atoms with Gasteiger partial charge in [0.1, 0.15) is 0 Å². The number of rotatable bonds is 5. The van der Waals surface area contributed by atoms with Gasteiger partial charge in [0.05, 0.1) is 5.75 Å². The predicted molar refractivity (Wildman–Crippen MR) is 89.3 cm³/mol. The molecular formula is C16H31N3O2S. The number of hydrogen-bond donors (Lipinski definition) is 2. The molecule has 0 aromatic carbocycles. The molecule has 0 bridgehead atoms. The third-order valence-corrected chi connectivity index (χ3v) is 7.42. The van der Waals surface area contributed by atoms with Crippen LogP contribution in [0.3, 0.4) is 0 Å². The van der Waals surface area contributed by atoms with E-state index in [9.17, 15) is 8.42 Å². The topological polar surface area (TPSA) is 61.4 Å². The van der Waals surface area contributed by atoms with Crippen LogP contribution in [0.4, 0.5) is 0 Å². The van der Waals surface area contributed by atoms with Gasteiger partial charge in [0.2, 0.25) is 10.0 Å². The summed E-state index contributed by atoms with van der Waals surface area (Å²) < 4.78 is 26.3. The van der Waals surface area contributed by atoms with Gasteiger partial charge in [-0.25, -0.2) is 13.1 Å². The number of hydrogen-bond acceptors (Lipinski definition) is 4. The molecule has 5 nitrogen and oxygen atoms in total. The average molecular weight is 330 g/mol. The lowest BCUT2D eigenvalue weighted by Crippen LogP contribution is -2.42. The van der Waals surface area contributed by atoms with Crippen molar-refractivity contribution in [1.29, 1.82) is 0 Å². The van der Waals surface area contributed by atoms with Gasteiger partial charge in [0, 0.05) is 19.1 Å². The maximum Gasteiger partial charge on any atom is 0.211 e. The van der Waals surface area contributed by atoms with Crippen LogP contribution in [0.25, 0.3) is 0 Å². The molecule has 0 radical (unpaired) electrons. The van der Waals surface area contributed by atoms with E-state index in [1.165, 1.54) is 58.4 Å². The minimum Gasteiger partial charge on any atom is -0.316 e. The predicted octanol–water partition coefficient (Wildman–Crippen LogP) is 1.17. The average Bonchev–Trinajstić information content (AvgIpc) is 3.13. The summed E-state index contributed by atoms with van der Waals surface area (Å²) in [6, 6.07) is 0.170. The van der Waals surface area contributed by atoms with E-state index < -0.39 is 10.0 Å². The second-order valence-electron chi connectivity index (χ2n) is 7.64.